The fraction of sp³-hybridized carbons (Fsp3) is 0.667. The summed E-state index contributed by atoms with van der Waals surface area (Å²) >= 11 is 0. The first kappa shape index (κ1) is 18.0. The summed E-state index contributed by atoms with van der Waals surface area (Å²) in [5.41, 5.74) is 2.28. The van der Waals surface area contributed by atoms with E-state index in [0.29, 0.717) is 11.6 Å². The highest BCUT2D eigenvalue weighted by molar-refractivity contribution is 5.45. The van der Waals surface area contributed by atoms with Gasteiger partial charge in [0.15, 0.2) is 0 Å². The number of hydrogen-bond acceptors (Lipinski definition) is 2. The molecule has 1 aromatic rings. The van der Waals surface area contributed by atoms with E-state index in [1.165, 1.54) is 0 Å². The number of rotatable bonds is 3. The van der Waals surface area contributed by atoms with Gasteiger partial charge in [0.2, 0.25) is 0 Å². The van der Waals surface area contributed by atoms with Crippen LogP contribution in [0.25, 0.3) is 0 Å². The van der Waals surface area contributed by atoms with Crippen LogP contribution in [0.4, 0.5) is 4.39 Å². The third-order valence-electron chi connectivity index (χ3n) is 4.05. The number of fused-ring (bicyclic) bond motifs is 1. The molecule has 1 aromatic carbocycles. The molecule has 0 heterocycles. The molecular weight excluding hydrogens is 265 g/mol. The van der Waals surface area contributed by atoms with Gasteiger partial charge in [0.05, 0.1) is 0 Å². The number of aromatic hydroxyl groups is 1. The minimum absolute atomic E-state index is 0.0121. The van der Waals surface area contributed by atoms with E-state index < -0.39 is 0 Å². The van der Waals surface area contributed by atoms with E-state index in [1.54, 1.807) is 6.07 Å². The second-order valence-corrected chi connectivity index (χ2v) is 5.75. The van der Waals surface area contributed by atoms with Crippen molar-refractivity contribution in [2.75, 3.05) is 6.54 Å². The average Bonchev–Trinajstić information content (AvgIpc) is 2.64. The minimum Gasteiger partial charge on any atom is -0.508 e. The van der Waals surface area contributed by atoms with Crippen LogP contribution in [0.5, 0.6) is 5.75 Å². The molecule has 0 amide bonds. The number of hydrogen-bond donors (Lipinski definition) is 2. The molecule has 0 saturated carbocycles. The molecule has 1 unspecified atom stereocenters. The topological polar surface area (TPSA) is 32.3 Å². The monoisotopic (exact) mass is 295 g/mol. The number of aryl methyl sites for hydroxylation is 1. The third kappa shape index (κ3) is 4.19. The lowest BCUT2D eigenvalue weighted by Crippen LogP contribution is -2.28. The van der Waals surface area contributed by atoms with Crippen LogP contribution < -0.4 is 5.32 Å². The average molecular weight is 295 g/mol. The van der Waals surface area contributed by atoms with Crippen LogP contribution in [-0.4, -0.2) is 17.7 Å². The van der Waals surface area contributed by atoms with Crippen molar-refractivity contribution in [2.45, 2.75) is 72.3 Å². The lowest BCUT2D eigenvalue weighted by atomic mass is 9.93. The van der Waals surface area contributed by atoms with E-state index in [2.05, 4.69) is 12.2 Å². The van der Waals surface area contributed by atoms with Gasteiger partial charge in [-0.05, 0) is 55.3 Å². The van der Waals surface area contributed by atoms with Crippen LogP contribution in [0.2, 0.25) is 0 Å². The van der Waals surface area contributed by atoms with E-state index in [1.807, 2.05) is 27.7 Å². The smallest absolute Gasteiger partial charge is 0.133 e. The number of halogens is 1. The molecule has 0 radical (unpaired) electrons. The normalized spacial score (nSPS) is 17.8. The Morgan fingerprint density at radius 1 is 1.29 bits per heavy atom. The first-order valence-electron chi connectivity index (χ1n) is 8.31. The van der Waals surface area contributed by atoms with E-state index in [9.17, 15) is 9.50 Å². The van der Waals surface area contributed by atoms with Gasteiger partial charge in [-0.15, -0.1) is 0 Å². The second-order valence-electron chi connectivity index (χ2n) is 5.75. The Balaban J connectivity index is 0.00000106. The summed E-state index contributed by atoms with van der Waals surface area (Å²) < 4.78 is 14.6. The molecule has 21 heavy (non-hydrogen) atoms. The van der Waals surface area contributed by atoms with Crippen molar-refractivity contribution >= 4 is 0 Å². The van der Waals surface area contributed by atoms with Crippen LogP contribution in [0.15, 0.2) is 6.07 Å². The van der Waals surface area contributed by atoms with Crippen molar-refractivity contribution in [3.63, 3.8) is 0 Å². The standard InChI is InChI=1S/C16H24FNO.C2H6/c1-4-18-12-6-5-11-9-14(19)15(10(2)3)16(17)13(11)8-7-12;1-2/h9-10,12,18-19H,4-8H2,1-3H3;1-2H3. The molecule has 1 atom stereocenters. The molecule has 2 rings (SSSR count). The van der Waals surface area contributed by atoms with Crippen LogP contribution in [-0.2, 0) is 12.8 Å². The van der Waals surface area contributed by atoms with E-state index in [0.717, 1.165) is 43.4 Å². The maximum absolute atomic E-state index is 14.6. The summed E-state index contributed by atoms with van der Waals surface area (Å²) in [7, 11) is 0. The summed E-state index contributed by atoms with van der Waals surface area (Å²) in [5.74, 6) is -0.0478. The van der Waals surface area contributed by atoms with E-state index in [-0.39, 0.29) is 17.5 Å². The highest BCUT2D eigenvalue weighted by atomic mass is 19.1. The molecule has 0 bridgehead atoms. The van der Waals surface area contributed by atoms with Crippen LogP contribution in [0.3, 0.4) is 0 Å². The zero-order chi connectivity index (χ0) is 16.0. The SMILES string of the molecule is CC.CCNC1CCc2cc(O)c(C(C)C)c(F)c2CC1. The zero-order valence-electron chi connectivity index (χ0n) is 14.1. The lowest BCUT2D eigenvalue weighted by Gasteiger charge is -2.16. The van der Waals surface area contributed by atoms with Gasteiger partial charge in [-0.2, -0.15) is 0 Å². The number of benzene rings is 1. The Morgan fingerprint density at radius 2 is 1.90 bits per heavy atom. The van der Waals surface area contributed by atoms with Gasteiger partial charge in [-0.3, -0.25) is 0 Å². The molecule has 2 N–H and O–H groups in total. The predicted octanol–water partition coefficient (Wildman–Crippen LogP) is 4.54. The van der Waals surface area contributed by atoms with Crippen molar-refractivity contribution in [3.05, 3.63) is 28.6 Å². The molecular formula is C18H30FNO. The van der Waals surface area contributed by atoms with Gasteiger partial charge in [-0.1, -0.05) is 34.6 Å². The summed E-state index contributed by atoms with van der Waals surface area (Å²) in [6, 6.07) is 2.24. The summed E-state index contributed by atoms with van der Waals surface area (Å²) in [4.78, 5) is 0. The van der Waals surface area contributed by atoms with E-state index in [4.69, 9.17) is 0 Å². The number of nitrogens with one attached hydrogen (secondary N) is 1. The molecule has 0 fully saturated rings. The first-order chi connectivity index (χ1) is 10.0. The Bertz CT molecular complexity index is 457. The van der Waals surface area contributed by atoms with Gasteiger partial charge >= 0.3 is 0 Å². The summed E-state index contributed by atoms with van der Waals surface area (Å²) in [6.07, 6.45) is 3.59. The second kappa shape index (κ2) is 8.38. The van der Waals surface area contributed by atoms with Gasteiger partial charge in [-0.25, -0.2) is 4.39 Å². The molecule has 3 heteroatoms. The van der Waals surface area contributed by atoms with Gasteiger partial charge in [0.1, 0.15) is 11.6 Å². The molecule has 0 aliphatic heterocycles. The quantitative estimate of drug-likeness (QED) is 0.803. The Kier molecular flexibility index (Phi) is 7.16. The van der Waals surface area contributed by atoms with Crippen LogP contribution in [0.1, 0.15) is 70.1 Å². The molecule has 120 valence electrons. The lowest BCUT2D eigenvalue weighted by molar-refractivity contribution is 0.450. The molecule has 0 aromatic heterocycles. The van der Waals surface area contributed by atoms with E-state index >= 15 is 0 Å². The minimum atomic E-state index is -0.179. The highest BCUT2D eigenvalue weighted by Crippen LogP contribution is 2.35. The summed E-state index contributed by atoms with van der Waals surface area (Å²) in [6.45, 7) is 10.9. The molecule has 2 nitrogen and oxygen atoms in total. The Morgan fingerprint density at radius 3 is 2.48 bits per heavy atom. The number of phenolic OH excluding ortho intramolecular Hbond substituents is 1. The Labute approximate surface area is 128 Å². The third-order valence-corrected chi connectivity index (χ3v) is 4.05. The highest BCUT2D eigenvalue weighted by Gasteiger charge is 2.23. The van der Waals surface area contributed by atoms with Crippen molar-refractivity contribution < 1.29 is 9.50 Å². The molecule has 0 spiro atoms. The fourth-order valence-electron chi connectivity index (χ4n) is 3.07. The van der Waals surface area contributed by atoms with Crippen molar-refractivity contribution in [3.8, 4) is 5.75 Å². The predicted molar refractivity (Wildman–Crippen MR) is 87.6 cm³/mol. The first-order valence-corrected chi connectivity index (χ1v) is 8.31. The zero-order valence-corrected chi connectivity index (χ0v) is 14.1. The molecule has 0 saturated heterocycles. The largest absolute Gasteiger partial charge is 0.508 e. The maximum atomic E-state index is 14.6. The Hall–Kier alpha value is -1.09. The fourth-order valence-corrected chi connectivity index (χ4v) is 3.07. The van der Waals surface area contributed by atoms with Crippen molar-refractivity contribution in [1.82, 2.24) is 5.32 Å². The van der Waals surface area contributed by atoms with Crippen LogP contribution >= 0.6 is 0 Å². The molecule has 1 aliphatic carbocycles. The van der Waals surface area contributed by atoms with Gasteiger partial charge in [0.25, 0.3) is 0 Å². The number of phenols is 1. The van der Waals surface area contributed by atoms with Crippen LogP contribution in [0, 0.1) is 5.82 Å². The van der Waals surface area contributed by atoms with Crippen molar-refractivity contribution in [1.29, 1.82) is 0 Å². The summed E-state index contributed by atoms with van der Waals surface area (Å²) in [5, 5.41) is 13.5. The van der Waals surface area contributed by atoms with Gasteiger partial charge in [0, 0.05) is 11.6 Å². The van der Waals surface area contributed by atoms with Gasteiger partial charge < -0.3 is 10.4 Å². The van der Waals surface area contributed by atoms with Crippen molar-refractivity contribution in [2.24, 2.45) is 0 Å². The maximum Gasteiger partial charge on any atom is 0.133 e. The molecule has 1 aliphatic rings.